The van der Waals surface area contributed by atoms with Crippen LogP contribution in [0.4, 0.5) is 0 Å². The Labute approximate surface area is 183 Å². The van der Waals surface area contributed by atoms with Crippen molar-refractivity contribution in [3.05, 3.63) is 16.1 Å². The second kappa shape index (κ2) is 7.85. The maximum Gasteiger partial charge on any atom is 0.159 e. The van der Waals surface area contributed by atoms with Crippen molar-refractivity contribution in [3.63, 3.8) is 0 Å². The number of rotatable bonds is 4. The van der Waals surface area contributed by atoms with Crippen molar-refractivity contribution in [2.45, 2.75) is 105 Å². The zero-order chi connectivity index (χ0) is 21.8. The molecule has 4 aliphatic carbocycles. The summed E-state index contributed by atoms with van der Waals surface area (Å²) in [5.41, 5.74) is 3.42. The third-order valence-corrected chi connectivity index (χ3v) is 10.6. The van der Waals surface area contributed by atoms with Crippen molar-refractivity contribution >= 4 is 5.78 Å². The minimum Gasteiger partial charge on any atom is -0.295 e. The van der Waals surface area contributed by atoms with E-state index in [9.17, 15) is 9.70 Å². The van der Waals surface area contributed by atoms with Crippen LogP contribution in [-0.2, 0) is 4.79 Å². The van der Waals surface area contributed by atoms with Crippen LogP contribution in [0.25, 0.3) is 0 Å². The van der Waals surface area contributed by atoms with E-state index in [0.29, 0.717) is 46.2 Å². The van der Waals surface area contributed by atoms with Gasteiger partial charge in [0.2, 0.25) is 0 Å². The van der Waals surface area contributed by atoms with Crippen LogP contribution in [0, 0.1) is 51.2 Å². The molecule has 3 heteroatoms. The Bertz CT molecular complexity index is 739. The first-order chi connectivity index (χ1) is 14.2. The van der Waals surface area contributed by atoms with Crippen molar-refractivity contribution < 1.29 is 4.79 Å². The van der Waals surface area contributed by atoms with E-state index in [4.69, 9.17) is 0 Å². The number of carbonyl (C=O) groups excluding carboxylic acids is 1. The van der Waals surface area contributed by atoms with Gasteiger partial charge in [0.05, 0.1) is 6.04 Å². The van der Waals surface area contributed by atoms with E-state index in [-0.39, 0.29) is 6.04 Å². The van der Waals surface area contributed by atoms with Crippen LogP contribution in [-0.4, -0.2) is 11.8 Å². The molecule has 0 N–H and O–H groups in total. The Morgan fingerprint density at radius 1 is 1.03 bits per heavy atom. The van der Waals surface area contributed by atoms with Crippen LogP contribution in [0.2, 0.25) is 0 Å². The number of hydrogen-bond acceptors (Lipinski definition) is 3. The minimum absolute atomic E-state index is 0.0222. The highest BCUT2D eigenvalue weighted by Crippen LogP contribution is 2.68. The van der Waals surface area contributed by atoms with Crippen molar-refractivity contribution in [2.24, 2.45) is 51.5 Å². The van der Waals surface area contributed by atoms with Crippen LogP contribution >= 0.6 is 0 Å². The van der Waals surface area contributed by atoms with E-state index in [1.54, 1.807) is 0 Å². The summed E-state index contributed by atoms with van der Waals surface area (Å²) in [4.78, 5) is 24.1. The first-order valence-corrected chi connectivity index (χ1v) is 12.8. The lowest BCUT2D eigenvalue weighted by atomic mass is 9.39. The Morgan fingerprint density at radius 2 is 1.73 bits per heavy atom. The Balaban J connectivity index is 1.69. The van der Waals surface area contributed by atoms with E-state index in [2.05, 4.69) is 46.7 Å². The van der Waals surface area contributed by atoms with Gasteiger partial charge in [-0.25, -0.2) is 0 Å². The summed E-state index contributed by atoms with van der Waals surface area (Å²) in [7, 11) is 0. The molecule has 30 heavy (non-hydrogen) atoms. The Morgan fingerprint density at radius 3 is 2.37 bits per heavy atom. The Kier molecular flexibility index (Phi) is 5.81. The molecule has 3 nitrogen and oxygen atoms in total. The summed E-state index contributed by atoms with van der Waals surface area (Å²) in [6.07, 6.45) is 10.2. The van der Waals surface area contributed by atoms with Crippen LogP contribution < -0.4 is 0 Å². The molecule has 4 rings (SSSR count). The average molecular weight is 414 g/mol. The van der Waals surface area contributed by atoms with Gasteiger partial charge in [-0.15, -0.1) is 0 Å². The molecule has 0 aliphatic heterocycles. The second-order valence-corrected chi connectivity index (χ2v) is 12.0. The maximum absolute atomic E-state index is 12.7. The summed E-state index contributed by atoms with van der Waals surface area (Å²) in [5.74, 6) is 3.86. The number of fused-ring (bicyclic) bond motifs is 3. The van der Waals surface area contributed by atoms with Crippen molar-refractivity contribution in [3.8, 4) is 0 Å². The van der Waals surface area contributed by atoms with E-state index in [1.165, 1.54) is 43.3 Å². The van der Waals surface area contributed by atoms with Gasteiger partial charge in [-0.05, 0) is 96.9 Å². The van der Waals surface area contributed by atoms with Gasteiger partial charge < -0.3 is 0 Å². The molecule has 0 aromatic rings. The van der Waals surface area contributed by atoms with Gasteiger partial charge in [0.1, 0.15) is 0 Å². The summed E-state index contributed by atoms with van der Waals surface area (Å²) in [5, 5.41) is 3.51. The molecule has 0 spiro atoms. The highest BCUT2D eigenvalue weighted by Gasteiger charge is 2.61. The molecule has 0 amide bonds. The first-order valence-electron chi connectivity index (χ1n) is 12.8. The predicted octanol–water partition coefficient (Wildman–Crippen LogP) is 7.34. The molecular formula is C27H43NO2. The zero-order valence-electron chi connectivity index (χ0n) is 20.2. The van der Waals surface area contributed by atoms with Crippen molar-refractivity contribution in [2.75, 3.05) is 0 Å². The van der Waals surface area contributed by atoms with Gasteiger partial charge in [-0.2, -0.15) is 4.91 Å². The van der Waals surface area contributed by atoms with Gasteiger partial charge in [0.25, 0.3) is 0 Å². The molecule has 3 fully saturated rings. The standard InChI is InChI=1S/C27H43NO2/c1-7-20-18(19-8-10-23(29)25(19)16(2)3)9-11-24-26(20,5)14-12-21-17(4)22(28-30)13-15-27(21,24)6/h16-18,20-22,24H,7-15H2,1-6H3/t17?,18?,20?,21-,22?,24?,26?,27?/m0/s1. The van der Waals surface area contributed by atoms with Gasteiger partial charge in [-0.3, -0.25) is 4.79 Å². The lowest BCUT2D eigenvalue weighted by molar-refractivity contribution is -0.156. The molecule has 0 aromatic heterocycles. The third kappa shape index (κ3) is 3.08. The molecule has 8 atom stereocenters. The highest BCUT2D eigenvalue weighted by atomic mass is 16.3. The van der Waals surface area contributed by atoms with Crippen molar-refractivity contribution in [1.29, 1.82) is 0 Å². The lowest BCUT2D eigenvalue weighted by Gasteiger charge is -2.65. The van der Waals surface area contributed by atoms with Gasteiger partial charge >= 0.3 is 0 Å². The fourth-order valence-electron chi connectivity index (χ4n) is 9.40. The number of nitrogens with zero attached hydrogens (tertiary/aromatic N) is 1. The number of Topliss-reactive ketones (excluding diaryl/α,β-unsaturated/α-hetero) is 1. The van der Waals surface area contributed by atoms with E-state index >= 15 is 0 Å². The van der Waals surface area contributed by atoms with Crippen molar-refractivity contribution in [1.82, 2.24) is 0 Å². The number of ketones is 1. The molecule has 0 heterocycles. The summed E-state index contributed by atoms with van der Waals surface area (Å²) in [6.45, 7) is 14.3. The van der Waals surface area contributed by atoms with E-state index in [0.717, 1.165) is 31.6 Å². The highest BCUT2D eigenvalue weighted by molar-refractivity contribution is 5.99. The Hall–Kier alpha value is -0.990. The molecule has 4 aliphatic rings. The molecule has 3 saturated carbocycles. The quantitative estimate of drug-likeness (QED) is 0.452. The summed E-state index contributed by atoms with van der Waals surface area (Å²) < 4.78 is 0. The van der Waals surface area contributed by atoms with Crippen LogP contribution in [0.5, 0.6) is 0 Å². The van der Waals surface area contributed by atoms with E-state index in [1.807, 2.05) is 0 Å². The SMILES string of the molecule is CCC1C(C2=C(C(C)C)C(=O)CC2)CCC2C1(C)CC[C@H]1C(C)C(N=O)CCC21C. The molecule has 168 valence electrons. The molecule has 0 aromatic carbocycles. The van der Waals surface area contributed by atoms with Gasteiger partial charge in [-0.1, -0.05) is 58.7 Å². The minimum atomic E-state index is 0.0222. The molecule has 7 unspecified atom stereocenters. The van der Waals surface area contributed by atoms with Gasteiger partial charge in [0.15, 0.2) is 5.78 Å². The first kappa shape index (κ1) is 22.2. The fourth-order valence-corrected chi connectivity index (χ4v) is 9.40. The number of allylic oxidation sites excluding steroid dienone is 2. The zero-order valence-corrected chi connectivity index (χ0v) is 20.2. The summed E-state index contributed by atoms with van der Waals surface area (Å²) in [6, 6.07) is 0.0222. The topological polar surface area (TPSA) is 46.5 Å². The molecular weight excluding hydrogens is 370 g/mol. The average Bonchev–Trinajstić information content (AvgIpc) is 3.08. The predicted molar refractivity (Wildman–Crippen MR) is 123 cm³/mol. The third-order valence-electron chi connectivity index (χ3n) is 10.6. The molecule has 0 saturated heterocycles. The van der Waals surface area contributed by atoms with Crippen LogP contribution in [0.3, 0.4) is 0 Å². The largest absolute Gasteiger partial charge is 0.295 e. The summed E-state index contributed by atoms with van der Waals surface area (Å²) >= 11 is 0. The number of nitroso groups, excluding NO2 is 1. The lowest BCUT2D eigenvalue weighted by Crippen LogP contribution is -2.59. The number of carbonyl (C=O) groups is 1. The smallest absolute Gasteiger partial charge is 0.159 e. The van der Waals surface area contributed by atoms with E-state index < -0.39 is 0 Å². The monoisotopic (exact) mass is 413 g/mol. The fraction of sp³-hybridized carbons (Fsp3) is 0.889. The molecule has 0 radical (unpaired) electrons. The van der Waals surface area contributed by atoms with Crippen LogP contribution in [0.1, 0.15) is 99.3 Å². The van der Waals surface area contributed by atoms with Crippen LogP contribution in [0.15, 0.2) is 16.3 Å². The maximum atomic E-state index is 12.7. The van der Waals surface area contributed by atoms with Gasteiger partial charge in [0, 0.05) is 6.42 Å². The second-order valence-electron chi connectivity index (χ2n) is 12.0. The number of hydrogen-bond donors (Lipinski definition) is 0. The molecule has 0 bridgehead atoms. The normalized spacial score (nSPS) is 46.7.